The minimum atomic E-state index is 0.346. The summed E-state index contributed by atoms with van der Waals surface area (Å²) >= 11 is 0. The second kappa shape index (κ2) is 7.40. The van der Waals surface area contributed by atoms with E-state index in [0.717, 1.165) is 29.5 Å². The number of ether oxygens (including phenoxy) is 3. The van der Waals surface area contributed by atoms with Gasteiger partial charge in [0.2, 0.25) is 5.75 Å². The standard InChI is InChI=1S/C19H21N3O4/c1-23-15-8-7-12(18(24-2)19(15)25-3)17-14(10-21-26-4)22-13(9-20)16(17)11-5-6-11/h7-8,10-11,22H,5-6H2,1-4H3/b21-10+. The molecule has 0 radical (unpaired) electrons. The van der Waals surface area contributed by atoms with Gasteiger partial charge in [0.25, 0.3) is 0 Å². The summed E-state index contributed by atoms with van der Waals surface area (Å²) in [5.74, 6) is 1.97. The van der Waals surface area contributed by atoms with Crippen LogP contribution in [-0.2, 0) is 4.84 Å². The number of rotatable bonds is 7. The van der Waals surface area contributed by atoms with Gasteiger partial charge in [-0.05, 0) is 36.5 Å². The van der Waals surface area contributed by atoms with Gasteiger partial charge in [0.1, 0.15) is 18.9 Å². The van der Waals surface area contributed by atoms with Crippen molar-refractivity contribution in [1.82, 2.24) is 4.98 Å². The van der Waals surface area contributed by atoms with Gasteiger partial charge in [0.05, 0.1) is 33.2 Å². The number of hydrogen-bond donors (Lipinski definition) is 1. The minimum absolute atomic E-state index is 0.346. The fraction of sp³-hybridized carbons (Fsp3) is 0.368. The van der Waals surface area contributed by atoms with Crippen molar-refractivity contribution in [1.29, 1.82) is 5.26 Å². The van der Waals surface area contributed by atoms with Crippen molar-refractivity contribution in [2.75, 3.05) is 28.4 Å². The number of H-pyrrole nitrogens is 1. The third-order valence-corrected chi connectivity index (χ3v) is 4.43. The first-order chi connectivity index (χ1) is 12.7. The van der Waals surface area contributed by atoms with E-state index in [1.165, 1.54) is 7.11 Å². The Labute approximate surface area is 152 Å². The molecular formula is C19H21N3O4. The Kier molecular flexibility index (Phi) is 5.03. The van der Waals surface area contributed by atoms with Crippen LogP contribution in [0, 0.1) is 11.3 Å². The topological polar surface area (TPSA) is 88.9 Å². The number of aromatic amines is 1. The SMILES string of the molecule is CO/N=C/c1[nH]c(C#N)c(C2CC2)c1-c1ccc(OC)c(OC)c1OC. The Bertz CT molecular complexity index is 876. The number of nitrogens with one attached hydrogen (secondary N) is 1. The molecule has 3 rings (SSSR count). The van der Waals surface area contributed by atoms with E-state index in [-0.39, 0.29) is 0 Å². The Morgan fingerprint density at radius 2 is 1.85 bits per heavy atom. The van der Waals surface area contributed by atoms with Crippen molar-refractivity contribution in [2.24, 2.45) is 5.16 Å². The molecule has 0 amide bonds. The normalized spacial score (nSPS) is 13.5. The molecule has 1 aromatic heterocycles. The van der Waals surface area contributed by atoms with Crippen molar-refractivity contribution in [2.45, 2.75) is 18.8 Å². The van der Waals surface area contributed by atoms with Gasteiger partial charge in [-0.3, -0.25) is 0 Å². The largest absolute Gasteiger partial charge is 0.493 e. The van der Waals surface area contributed by atoms with E-state index >= 15 is 0 Å². The van der Waals surface area contributed by atoms with Gasteiger partial charge in [0.15, 0.2) is 11.5 Å². The van der Waals surface area contributed by atoms with Crippen LogP contribution in [0.2, 0.25) is 0 Å². The molecular weight excluding hydrogens is 334 g/mol. The molecule has 1 aliphatic carbocycles. The monoisotopic (exact) mass is 355 g/mol. The van der Waals surface area contributed by atoms with Crippen LogP contribution in [0.3, 0.4) is 0 Å². The molecule has 0 atom stereocenters. The lowest BCUT2D eigenvalue weighted by atomic mass is 9.96. The molecule has 7 nitrogen and oxygen atoms in total. The van der Waals surface area contributed by atoms with Crippen LogP contribution in [0.4, 0.5) is 0 Å². The van der Waals surface area contributed by atoms with Crippen LogP contribution >= 0.6 is 0 Å². The summed E-state index contributed by atoms with van der Waals surface area (Å²) in [5, 5.41) is 13.4. The predicted molar refractivity (Wildman–Crippen MR) is 97.2 cm³/mol. The van der Waals surface area contributed by atoms with Gasteiger partial charge in [-0.15, -0.1) is 0 Å². The molecule has 0 spiro atoms. The van der Waals surface area contributed by atoms with Crippen molar-refractivity contribution >= 4 is 6.21 Å². The van der Waals surface area contributed by atoms with Crippen LogP contribution in [0.15, 0.2) is 17.3 Å². The van der Waals surface area contributed by atoms with E-state index in [1.54, 1.807) is 27.5 Å². The highest BCUT2D eigenvalue weighted by Gasteiger charge is 2.34. The molecule has 1 aliphatic rings. The van der Waals surface area contributed by atoms with E-state index in [9.17, 15) is 5.26 Å². The molecule has 1 saturated carbocycles. The van der Waals surface area contributed by atoms with Crippen LogP contribution in [-0.4, -0.2) is 39.6 Å². The average molecular weight is 355 g/mol. The molecule has 1 heterocycles. The molecule has 1 fully saturated rings. The highest BCUT2D eigenvalue weighted by Crippen LogP contribution is 2.51. The van der Waals surface area contributed by atoms with Gasteiger partial charge < -0.3 is 24.0 Å². The zero-order valence-corrected chi connectivity index (χ0v) is 15.3. The van der Waals surface area contributed by atoms with Gasteiger partial charge in [-0.25, -0.2) is 0 Å². The maximum Gasteiger partial charge on any atom is 0.203 e. The molecule has 0 aliphatic heterocycles. The third kappa shape index (κ3) is 2.94. The first kappa shape index (κ1) is 17.7. The second-order valence-electron chi connectivity index (χ2n) is 5.89. The third-order valence-electron chi connectivity index (χ3n) is 4.43. The first-order valence-corrected chi connectivity index (χ1v) is 8.21. The number of benzene rings is 1. The van der Waals surface area contributed by atoms with E-state index < -0.39 is 0 Å². The summed E-state index contributed by atoms with van der Waals surface area (Å²) in [6, 6.07) is 5.98. The van der Waals surface area contributed by atoms with E-state index in [1.807, 2.05) is 12.1 Å². The summed E-state index contributed by atoms with van der Waals surface area (Å²) in [6.07, 6.45) is 3.67. The molecule has 0 unspecified atom stereocenters. The zero-order valence-electron chi connectivity index (χ0n) is 15.3. The molecule has 0 saturated heterocycles. The lowest BCUT2D eigenvalue weighted by Crippen LogP contribution is -1.99. The summed E-state index contributed by atoms with van der Waals surface area (Å²) in [7, 11) is 6.20. The highest BCUT2D eigenvalue weighted by molar-refractivity contribution is 5.94. The van der Waals surface area contributed by atoms with Crippen LogP contribution in [0.25, 0.3) is 11.1 Å². The number of nitriles is 1. The lowest BCUT2D eigenvalue weighted by molar-refractivity contribution is 0.215. The summed E-state index contributed by atoms with van der Waals surface area (Å²) in [5.41, 5.74) is 3.90. The van der Waals surface area contributed by atoms with Crippen molar-refractivity contribution in [3.8, 4) is 34.4 Å². The van der Waals surface area contributed by atoms with Crippen LogP contribution in [0.1, 0.15) is 35.7 Å². The van der Waals surface area contributed by atoms with Crippen molar-refractivity contribution < 1.29 is 19.0 Å². The predicted octanol–water partition coefficient (Wildman–Crippen LogP) is 3.44. The summed E-state index contributed by atoms with van der Waals surface area (Å²) < 4.78 is 16.5. The number of oxime groups is 1. The van der Waals surface area contributed by atoms with Gasteiger partial charge in [0, 0.05) is 11.1 Å². The van der Waals surface area contributed by atoms with Crippen LogP contribution in [0.5, 0.6) is 17.2 Å². The molecule has 0 bridgehead atoms. The maximum atomic E-state index is 9.58. The maximum absolute atomic E-state index is 9.58. The fourth-order valence-corrected chi connectivity index (χ4v) is 3.19. The fourth-order valence-electron chi connectivity index (χ4n) is 3.19. The summed E-state index contributed by atoms with van der Waals surface area (Å²) in [6.45, 7) is 0. The smallest absolute Gasteiger partial charge is 0.203 e. The minimum Gasteiger partial charge on any atom is -0.493 e. The average Bonchev–Trinajstić information content (AvgIpc) is 3.45. The number of hydrogen-bond acceptors (Lipinski definition) is 6. The molecule has 2 aromatic rings. The second-order valence-corrected chi connectivity index (χ2v) is 5.89. The van der Waals surface area contributed by atoms with Gasteiger partial charge in [-0.2, -0.15) is 5.26 Å². The molecule has 136 valence electrons. The van der Waals surface area contributed by atoms with E-state index in [0.29, 0.717) is 34.6 Å². The zero-order chi connectivity index (χ0) is 18.7. The van der Waals surface area contributed by atoms with Gasteiger partial charge >= 0.3 is 0 Å². The Hall–Kier alpha value is -3.14. The van der Waals surface area contributed by atoms with Gasteiger partial charge in [-0.1, -0.05) is 5.16 Å². The lowest BCUT2D eigenvalue weighted by Gasteiger charge is -2.16. The van der Waals surface area contributed by atoms with E-state index in [4.69, 9.17) is 19.0 Å². The summed E-state index contributed by atoms with van der Waals surface area (Å²) in [4.78, 5) is 7.98. The Balaban J connectivity index is 2.31. The van der Waals surface area contributed by atoms with Crippen molar-refractivity contribution in [3.63, 3.8) is 0 Å². The quantitative estimate of drug-likeness (QED) is 0.607. The van der Waals surface area contributed by atoms with Crippen LogP contribution < -0.4 is 14.2 Å². The molecule has 7 heteroatoms. The molecule has 1 aromatic carbocycles. The van der Waals surface area contributed by atoms with Crippen molar-refractivity contribution in [3.05, 3.63) is 29.1 Å². The first-order valence-electron chi connectivity index (χ1n) is 8.21. The molecule has 26 heavy (non-hydrogen) atoms. The number of methoxy groups -OCH3 is 3. The number of nitrogens with zero attached hydrogens (tertiary/aromatic N) is 2. The number of aromatic nitrogens is 1. The molecule has 1 N–H and O–H groups in total. The Morgan fingerprint density at radius 3 is 2.38 bits per heavy atom. The highest BCUT2D eigenvalue weighted by atomic mass is 16.6. The Morgan fingerprint density at radius 1 is 1.12 bits per heavy atom. The van der Waals surface area contributed by atoms with E-state index in [2.05, 4.69) is 16.2 Å².